The van der Waals surface area contributed by atoms with Crippen LogP contribution in [0.3, 0.4) is 0 Å². The number of hydrogen-bond acceptors (Lipinski definition) is 9. The van der Waals surface area contributed by atoms with E-state index in [0.717, 1.165) is 5.56 Å². The van der Waals surface area contributed by atoms with E-state index in [1.165, 1.54) is 17.1 Å². The van der Waals surface area contributed by atoms with Crippen LogP contribution in [0.1, 0.15) is 63.3 Å². The van der Waals surface area contributed by atoms with Gasteiger partial charge in [0.25, 0.3) is 5.91 Å². The number of benzene rings is 1. The molecule has 12 heteroatoms. The number of phenols is 1. The van der Waals surface area contributed by atoms with Gasteiger partial charge >= 0.3 is 5.97 Å². The number of rotatable bonds is 4. The predicted octanol–water partition coefficient (Wildman–Crippen LogP) is 2.65. The molecule has 1 aromatic carbocycles. The number of hydrazine groups is 1. The van der Waals surface area contributed by atoms with Crippen LogP contribution in [-0.2, 0) is 41.7 Å². The highest BCUT2D eigenvalue weighted by Gasteiger charge is 2.36. The van der Waals surface area contributed by atoms with Crippen molar-refractivity contribution in [2.75, 3.05) is 13.7 Å². The van der Waals surface area contributed by atoms with E-state index in [9.17, 15) is 24.3 Å². The summed E-state index contributed by atoms with van der Waals surface area (Å²) in [6.07, 6.45) is 7.33. The van der Waals surface area contributed by atoms with E-state index in [1.54, 1.807) is 38.4 Å². The van der Waals surface area contributed by atoms with E-state index in [1.807, 2.05) is 32.1 Å². The summed E-state index contributed by atoms with van der Waals surface area (Å²) in [5, 5.41) is 17.1. The zero-order valence-electron chi connectivity index (χ0n) is 26.9. The van der Waals surface area contributed by atoms with Crippen molar-refractivity contribution >= 4 is 29.8 Å². The van der Waals surface area contributed by atoms with Crippen LogP contribution in [0.5, 0.6) is 5.75 Å². The Labute approximate surface area is 269 Å². The fraction of sp³-hybridized carbons (Fsp3) is 0.500. The van der Waals surface area contributed by atoms with Gasteiger partial charge in [0.1, 0.15) is 30.5 Å². The number of nitrogens with one attached hydrogen (secondary N) is 3. The van der Waals surface area contributed by atoms with Gasteiger partial charge in [0.2, 0.25) is 11.8 Å². The lowest BCUT2D eigenvalue weighted by Crippen LogP contribution is -2.62. The number of nitrogens with zero attached hydrogens (tertiary/aromatic N) is 2. The van der Waals surface area contributed by atoms with Gasteiger partial charge in [-0.2, -0.15) is 0 Å². The number of esters is 1. The van der Waals surface area contributed by atoms with Crippen LogP contribution in [-0.4, -0.2) is 76.7 Å². The van der Waals surface area contributed by atoms with Crippen LogP contribution in [0, 0.1) is 11.8 Å². The summed E-state index contributed by atoms with van der Waals surface area (Å²) in [5.41, 5.74) is 5.09. The summed E-state index contributed by atoms with van der Waals surface area (Å²) < 4.78 is 11.3. The Bertz CT molecular complexity index is 1410. The van der Waals surface area contributed by atoms with Crippen molar-refractivity contribution in [2.24, 2.45) is 11.8 Å². The van der Waals surface area contributed by atoms with Crippen molar-refractivity contribution in [1.29, 1.82) is 0 Å². The molecule has 46 heavy (non-hydrogen) atoms. The summed E-state index contributed by atoms with van der Waals surface area (Å²) >= 11 is 0. The number of carbonyl (C=O) groups excluding carboxylic acids is 4. The molecule has 3 amide bonds. The van der Waals surface area contributed by atoms with Gasteiger partial charge in [0.05, 0.1) is 17.7 Å². The molecule has 0 saturated carbocycles. The van der Waals surface area contributed by atoms with Crippen molar-refractivity contribution < 1.29 is 33.8 Å². The second kappa shape index (κ2) is 16.3. The Kier molecular flexibility index (Phi) is 12.3. The second-order valence-electron chi connectivity index (χ2n) is 12.2. The summed E-state index contributed by atoms with van der Waals surface area (Å²) in [5.74, 6) is -2.63. The molecule has 2 aromatic rings. The molecular formula is C34H45N5O7. The van der Waals surface area contributed by atoms with Gasteiger partial charge < -0.3 is 25.2 Å². The van der Waals surface area contributed by atoms with Crippen molar-refractivity contribution in [2.45, 2.75) is 83.7 Å². The first-order valence-corrected chi connectivity index (χ1v) is 15.8. The van der Waals surface area contributed by atoms with Crippen LogP contribution < -0.4 is 16.1 Å². The number of aromatic hydroxyl groups is 1. The number of carbonyl (C=O) groups is 4. The zero-order chi connectivity index (χ0) is 33.2. The standard InChI is InChI=1S/C34H45N5O7/c1-21(2)30-32(42)36-28(19-23-9-7-11-26(40)18-23)33(43)39-16-8-12-27(38-39)34(44)46-20-24-14-15-35-25(17-24)10-5-6-13-29(45-4)22(3)31(41)37-30/h5,7,9-11,14-15,17-18,21-22,27-30,38,40H,6,8,12-13,16,19-20H2,1-4H3,(H,36,42)(H,37,41). The third-order valence-electron chi connectivity index (χ3n) is 8.36. The molecule has 0 radical (unpaired) electrons. The molecule has 1 fully saturated rings. The SMILES string of the molecule is COC1CCC=Cc2cc(ccn2)COC(=O)C2CCCN(N2)C(=O)C(Cc2cccc(O)c2)NC(=O)C(C(C)C)NC(=O)C1C. The maximum atomic E-state index is 14.0. The quantitative estimate of drug-likeness (QED) is 0.371. The van der Waals surface area contributed by atoms with E-state index in [2.05, 4.69) is 21.0 Å². The molecule has 2 aliphatic heterocycles. The van der Waals surface area contributed by atoms with Crippen LogP contribution >= 0.6 is 0 Å². The normalized spacial score (nSPS) is 25.6. The number of phenolic OH excluding ortho intramolecular Hbond substituents is 1. The molecule has 12 nitrogen and oxygen atoms in total. The number of pyridine rings is 1. The first-order chi connectivity index (χ1) is 22.0. The Balaban J connectivity index is 1.64. The minimum Gasteiger partial charge on any atom is -0.508 e. The first-order valence-electron chi connectivity index (χ1n) is 15.8. The summed E-state index contributed by atoms with van der Waals surface area (Å²) in [4.78, 5) is 58.5. The topological polar surface area (TPSA) is 159 Å². The van der Waals surface area contributed by atoms with E-state index in [0.29, 0.717) is 43.5 Å². The lowest BCUT2D eigenvalue weighted by molar-refractivity contribution is -0.154. The number of aromatic nitrogens is 1. The highest BCUT2D eigenvalue weighted by molar-refractivity contribution is 5.93. The highest BCUT2D eigenvalue weighted by atomic mass is 16.5. The van der Waals surface area contributed by atoms with Crippen LogP contribution in [0.15, 0.2) is 48.7 Å². The number of cyclic esters (lactones) is 1. The molecule has 1 aromatic heterocycles. The number of methoxy groups -OCH3 is 1. The third kappa shape index (κ3) is 9.37. The fourth-order valence-corrected chi connectivity index (χ4v) is 5.64. The number of ether oxygens (including phenoxy) is 2. The number of amides is 3. The van der Waals surface area contributed by atoms with Crippen molar-refractivity contribution in [1.82, 2.24) is 26.1 Å². The summed E-state index contributed by atoms with van der Waals surface area (Å²) in [6, 6.07) is 7.32. The first kappa shape index (κ1) is 34.6. The molecule has 1 saturated heterocycles. The summed E-state index contributed by atoms with van der Waals surface area (Å²) in [6.45, 7) is 5.75. The fourth-order valence-electron chi connectivity index (χ4n) is 5.64. The minimum atomic E-state index is -1.06. The molecule has 5 atom stereocenters. The van der Waals surface area contributed by atoms with Crippen LogP contribution in [0.4, 0.5) is 0 Å². The number of fused-ring (bicyclic) bond motifs is 4. The Hall–Kier alpha value is -4.29. The van der Waals surface area contributed by atoms with E-state index in [-0.39, 0.29) is 30.6 Å². The Morgan fingerprint density at radius 2 is 1.89 bits per heavy atom. The average Bonchev–Trinajstić information content (AvgIpc) is 3.04. The van der Waals surface area contributed by atoms with Crippen LogP contribution in [0.2, 0.25) is 0 Å². The van der Waals surface area contributed by atoms with Crippen LogP contribution in [0.25, 0.3) is 6.08 Å². The molecule has 0 aliphatic carbocycles. The molecule has 4 N–H and O–H groups in total. The summed E-state index contributed by atoms with van der Waals surface area (Å²) in [7, 11) is 1.55. The Morgan fingerprint density at radius 1 is 1.09 bits per heavy atom. The van der Waals surface area contributed by atoms with E-state index < -0.39 is 47.9 Å². The maximum Gasteiger partial charge on any atom is 0.325 e. The predicted molar refractivity (Wildman–Crippen MR) is 171 cm³/mol. The van der Waals surface area contributed by atoms with Gasteiger partial charge in [-0.15, -0.1) is 0 Å². The van der Waals surface area contributed by atoms with E-state index in [4.69, 9.17) is 9.47 Å². The van der Waals surface area contributed by atoms with Crippen molar-refractivity contribution in [3.05, 3.63) is 65.5 Å². The largest absolute Gasteiger partial charge is 0.508 e. The smallest absolute Gasteiger partial charge is 0.325 e. The molecule has 0 spiro atoms. The molecule has 248 valence electrons. The van der Waals surface area contributed by atoms with Gasteiger partial charge in [-0.1, -0.05) is 39.0 Å². The number of hydrogen-bond donors (Lipinski definition) is 4. The third-order valence-corrected chi connectivity index (χ3v) is 8.36. The molecular weight excluding hydrogens is 590 g/mol. The number of allylic oxidation sites excluding steroid dienone is 1. The van der Waals surface area contributed by atoms with Gasteiger partial charge in [-0.25, -0.2) is 5.43 Å². The molecule has 2 aliphatic rings. The maximum absolute atomic E-state index is 14.0. The molecule has 4 rings (SSSR count). The van der Waals surface area contributed by atoms with Gasteiger partial charge in [-0.05, 0) is 73.1 Å². The van der Waals surface area contributed by atoms with E-state index >= 15 is 0 Å². The highest BCUT2D eigenvalue weighted by Crippen LogP contribution is 2.19. The monoisotopic (exact) mass is 635 g/mol. The minimum absolute atomic E-state index is 0.0272. The van der Waals surface area contributed by atoms with Crippen molar-refractivity contribution in [3.8, 4) is 5.75 Å². The van der Waals surface area contributed by atoms with Gasteiger partial charge in [0, 0.05) is 26.3 Å². The van der Waals surface area contributed by atoms with Gasteiger partial charge in [0.15, 0.2) is 0 Å². The Morgan fingerprint density at radius 3 is 2.63 bits per heavy atom. The lowest BCUT2D eigenvalue weighted by Gasteiger charge is -2.35. The lowest BCUT2D eigenvalue weighted by atomic mass is 9.96. The van der Waals surface area contributed by atoms with Crippen molar-refractivity contribution in [3.63, 3.8) is 0 Å². The van der Waals surface area contributed by atoms with Gasteiger partial charge in [-0.3, -0.25) is 29.2 Å². The average molecular weight is 636 g/mol. The molecule has 5 unspecified atom stereocenters. The second-order valence-corrected chi connectivity index (χ2v) is 12.2. The molecule has 4 bridgehead atoms. The zero-order valence-corrected chi connectivity index (χ0v) is 26.9. The molecule has 3 heterocycles.